The molecule has 1 aliphatic rings. The first kappa shape index (κ1) is 26.2. The van der Waals surface area contributed by atoms with Gasteiger partial charge in [-0.1, -0.05) is 17.2 Å². The summed E-state index contributed by atoms with van der Waals surface area (Å²) in [6.07, 6.45) is -4.70. The lowest BCUT2D eigenvalue weighted by Crippen LogP contribution is -2.36. The van der Waals surface area contributed by atoms with Crippen LogP contribution < -0.4 is 10.1 Å². The first-order valence-electron chi connectivity index (χ1n) is 10.9. The first-order chi connectivity index (χ1) is 17.7. The van der Waals surface area contributed by atoms with Crippen LogP contribution in [0.5, 0.6) is 5.75 Å². The summed E-state index contributed by atoms with van der Waals surface area (Å²) in [4.78, 5) is 18.2. The number of anilines is 1. The van der Waals surface area contributed by atoms with E-state index in [-0.39, 0.29) is 43.1 Å². The Morgan fingerprint density at radius 3 is 2.65 bits per heavy atom. The molecule has 196 valence electrons. The largest absolute Gasteiger partial charge is 0.497 e. The third-order valence-electron chi connectivity index (χ3n) is 5.49. The van der Waals surface area contributed by atoms with Crippen molar-refractivity contribution in [1.82, 2.24) is 30.1 Å². The molecule has 0 saturated carbocycles. The molecule has 0 bridgehead atoms. The quantitative estimate of drug-likeness (QED) is 0.408. The molecule has 2 aromatic heterocycles. The number of methoxy groups -OCH3 is 1. The number of alkyl halides is 3. The zero-order valence-electron chi connectivity index (χ0n) is 19.7. The summed E-state index contributed by atoms with van der Waals surface area (Å²) in [5.74, 6) is -0.000428. The van der Waals surface area contributed by atoms with Gasteiger partial charge in [0.15, 0.2) is 0 Å². The average molecular weight is 538 g/mol. The summed E-state index contributed by atoms with van der Waals surface area (Å²) < 4.78 is 57.5. The van der Waals surface area contributed by atoms with Gasteiger partial charge in [0.05, 0.1) is 37.6 Å². The summed E-state index contributed by atoms with van der Waals surface area (Å²) in [5.41, 5.74) is -0.486. The smallest absolute Gasteiger partial charge is 0.433 e. The molecule has 37 heavy (non-hydrogen) atoms. The first-order valence-corrected chi connectivity index (χ1v) is 11.3. The van der Waals surface area contributed by atoms with Crippen molar-refractivity contribution >= 4 is 29.2 Å². The fourth-order valence-electron chi connectivity index (χ4n) is 3.52. The number of amides is 1. The lowest BCUT2D eigenvalue weighted by Gasteiger charge is -2.23. The van der Waals surface area contributed by atoms with Gasteiger partial charge in [0.1, 0.15) is 18.1 Å². The van der Waals surface area contributed by atoms with E-state index in [1.165, 1.54) is 11.7 Å². The number of aromatic nitrogens is 5. The Hall–Kier alpha value is -3.85. The Kier molecular flexibility index (Phi) is 7.83. The van der Waals surface area contributed by atoms with Crippen LogP contribution >= 0.6 is 12.2 Å². The predicted molar refractivity (Wildman–Crippen MR) is 127 cm³/mol. The van der Waals surface area contributed by atoms with Crippen molar-refractivity contribution in [2.24, 2.45) is 7.05 Å². The van der Waals surface area contributed by atoms with Gasteiger partial charge >= 0.3 is 6.18 Å². The topological polar surface area (TPSA) is 117 Å². The van der Waals surface area contributed by atoms with E-state index in [0.29, 0.717) is 17.5 Å². The number of aryl methyl sites for hydroxylation is 1. The highest BCUT2D eigenvalue weighted by Crippen LogP contribution is 2.29. The lowest BCUT2D eigenvalue weighted by molar-refractivity contribution is -0.141. The van der Waals surface area contributed by atoms with Crippen LogP contribution in [0.15, 0.2) is 36.4 Å². The molecule has 15 heteroatoms. The zero-order valence-corrected chi connectivity index (χ0v) is 20.5. The highest BCUT2D eigenvalue weighted by Gasteiger charge is 2.34. The molecule has 1 unspecified atom stereocenters. The molecule has 0 spiro atoms. The second-order valence-electron chi connectivity index (χ2n) is 7.99. The summed E-state index contributed by atoms with van der Waals surface area (Å²) in [6, 6.07) is 8.91. The molecular weight excluding hydrogens is 515 g/mol. The molecule has 0 aliphatic carbocycles. The van der Waals surface area contributed by atoms with Gasteiger partial charge in [-0.05, 0) is 52.5 Å². The van der Waals surface area contributed by atoms with Gasteiger partial charge < -0.3 is 19.1 Å². The SMILES string of the molecule is COc1ccc(CN2C(=S)OCC2COCc2nc(C(F)(F)F)ccc2C(=O)Nc2nnnn2C)cc1. The van der Waals surface area contributed by atoms with Gasteiger partial charge in [0, 0.05) is 13.6 Å². The van der Waals surface area contributed by atoms with Crippen LogP contribution in [0.3, 0.4) is 0 Å². The number of pyridine rings is 1. The number of ether oxygens (including phenoxy) is 3. The molecule has 3 heterocycles. The molecule has 4 rings (SSSR count). The average Bonchev–Trinajstić information content (AvgIpc) is 3.43. The van der Waals surface area contributed by atoms with Crippen LogP contribution in [0.2, 0.25) is 0 Å². The summed E-state index contributed by atoms with van der Waals surface area (Å²) in [7, 11) is 3.07. The number of thiocarbonyl (C=S) groups is 1. The summed E-state index contributed by atoms with van der Waals surface area (Å²) in [5, 5.41) is 13.4. The number of benzene rings is 1. The molecule has 1 N–H and O–H groups in total. The van der Waals surface area contributed by atoms with E-state index in [0.717, 1.165) is 17.7 Å². The zero-order chi connectivity index (χ0) is 26.6. The van der Waals surface area contributed by atoms with E-state index < -0.39 is 17.8 Å². The molecule has 3 aromatic rings. The molecule has 1 aromatic carbocycles. The maximum atomic E-state index is 13.3. The molecule has 1 saturated heterocycles. The standard InChI is InChI=1S/C22H22F3N7O4S/c1-31-20(28-29-30-31)27-19(33)16-7-8-18(22(23,24)25)26-17(16)12-35-10-14-11-36-21(37)32(14)9-13-3-5-15(34-2)6-4-13/h3-8,14H,9-12H2,1-2H3,(H,27,28,30,33). The van der Waals surface area contributed by atoms with Crippen LogP contribution in [0.25, 0.3) is 0 Å². The van der Waals surface area contributed by atoms with E-state index in [1.54, 1.807) is 7.11 Å². The molecule has 1 aliphatic heterocycles. The minimum atomic E-state index is -4.70. The Morgan fingerprint density at radius 1 is 1.24 bits per heavy atom. The predicted octanol–water partition coefficient (Wildman–Crippen LogP) is 2.59. The van der Waals surface area contributed by atoms with E-state index in [9.17, 15) is 18.0 Å². The van der Waals surface area contributed by atoms with Crippen molar-refractivity contribution in [1.29, 1.82) is 0 Å². The minimum Gasteiger partial charge on any atom is -0.497 e. The molecule has 0 radical (unpaired) electrons. The summed E-state index contributed by atoms with van der Waals surface area (Å²) >= 11 is 5.30. The second kappa shape index (κ2) is 11.0. The fourth-order valence-corrected chi connectivity index (χ4v) is 3.80. The van der Waals surface area contributed by atoms with Crippen molar-refractivity contribution < 1.29 is 32.2 Å². The van der Waals surface area contributed by atoms with Crippen LogP contribution in [-0.2, 0) is 35.8 Å². The van der Waals surface area contributed by atoms with Crippen molar-refractivity contribution in [2.75, 3.05) is 25.6 Å². The number of hydrogen-bond donors (Lipinski definition) is 1. The Labute approximate surface area is 214 Å². The van der Waals surface area contributed by atoms with Crippen molar-refractivity contribution in [3.05, 3.63) is 58.9 Å². The van der Waals surface area contributed by atoms with E-state index >= 15 is 0 Å². The fraction of sp³-hybridized carbons (Fsp3) is 0.364. The van der Waals surface area contributed by atoms with E-state index in [2.05, 4.69) is 25.8 Å². The van der Waals surface area contributed by atoms with Gasteiger partial charge in [0.25, 0.3) is 11.1 Å². The molecule has 1 amide bonds. The summed E-state index contributed by atoms with van der Waals surface area (Å²) in [6.45, 7) is 0.404. The number of tetrazole rings is 1. The van der Waals surface area contributed by atoms with Gasteiger partial charge in [0.2, 0.25) is 5.95 Å². The van der Waals surface area contributed by atoms with Crippen molar-refractivity contribution in [3.63, 3.8) is 0 Å². The number of hydrogen-bond acceptors (Lipinski definition) is 9. The third kappa shape index (κ3) is 6.29. The van der Waals surface area contributed by atoms with Crippen LogP contribution in [-0.4, -0.2) is 67.5 Å². The number of rotatable bonds is 9. The van der Waals surface area contributed by atoms with Gasteiger partial charge in [-0.25, -0.2) is 9.67 Å². The number of carbonyl (C=O) groups excluding carboxylic acids is 1. The van der Waals surface area contributed by atoms with Crippen LogP contribution in [0.1, 0.15) is 27.3 Å². The second-order valence-corrected chi connectivity index (χ2v) is 8.34. The van der Waals surface area contributed by atoms with Crippen molar-refractivity contribution in [2.45, 2.75) is 25.4 Å². The molecular formula is C22H22F3N7O4S. The minimum absolute atomic E-state index is 0.0163. The Morgan fingerprint density at radius 2 is 2.00 bits per heavy atom. The number of nitrogens with zero attached hydrogens (tertiary/aromatic N) is 6. The number of carbonyl (C=O) groups is 1. The number of nitrogens with one attached hydrogen (secondary N) is 1. The number of halogens is 3. The highest BCUT2D eigenvalue weighted by atomic mass is 32.1. The van der Waals surface area contributed by atoms with Gasteiger partial charge in [-0.2, -0.15) is 13.2 Å². The molecule has 11 nitrogen and oxygen atoms in total. The maximum Gasteiger partial charge on any atom is 0.433 e. The Balaban J connectivity index is 1.46. The van der Waals surface area contributed by atoms with Gasteiger partial charge in [-0.3, -0.25) is 10.1 Å². The third-order valence-corrected chi connectivity index (χ3v) is 5.84. The van der Waals surface area contributed by atoms with Crippen LogP contribution in [0, 0.1) is 0 Å². The Bertz CT molecular complexity index is 1270. The van der Waals surface area contributed by atoms with Gasteiger partial charge in [-0.15, -0.1) is 0 Å². The van der Waals surface area contributed by atoms with Crippen molar-refractivity contribution in [3.8, 4) is 5.75 Å². The maximum absolute atomic E-state index is 13.3. The lowest BCUT2D eigenvalue weighted by atomic mass is 10.1. The van der Waals surface area contributed by atoms with Crippen LogP contribution in [0.4, 0.5) is 19.1 Å². The highest BCUT2D eigenvalue weighted by molar-refractivity contribution is 7.80. The molecule has 1 fully saturated rings. The van der Waals surface area contributed by atoms with E-state index in [4.69, 9.17) is 26.4 Å². The monoisotopic (exact) mass is 537 g/mol. The van der Waals surface area contributed by atoms with E-state index in [1.807, 2.05) is 29.2 Å². The normalized spacial score (nSPS) is 15.5. The molecule has 1 atom stereocenters.